The first-order valence-electron chi connectivity index (χ1n) is 8.04. The highest BCUT2D eigenvalue weighted by Gasteiger charge is 2.12. The van der Waals surface area contributed by atoms with E-state index in [1.165, 1.54) is 5.56 Å². The number of rotatable bonds is 8. The molecule has 0 unspecified atom stereocenters. The standard InChI is InChI=1S/C19H25N3O3/c1-23-15-11-17(24-2)16(18(12-15)25-3)13-22-19(20)21-10-9-14-7-5-4-6-8-14/h4-8,11-12H,9-10,13H2,1-3H3,(H3,20,21,22). The second-order valence-electron chi connectivity index (χ2n) is 5.37. The first-order chi connectivity index (χ1) is 12.2. The molecule has 0 spiro atoms. The highest BCUT2D eigenvalue weighted by Crippen LogP contribution is 2.34. The predicted molar refractivity (Wildman–Crippen MR) is 99.6 cm³/mol. The zero-order chi connectivity index (χ0) is 18.1. The molecule has 0 aliphatic rings. The number of nitrogens with two attached hydrogens (primary N) is 1. The summed E-state index contributed by atoms with van der Waals surface area (Å²) in [4.78, 5) is 4.38. The van der Waals surface area contributed by atoms with Gasteiger partial charge in [-0.05, 0) is 12.0 Å². The van der Waals surface area contributed by atoms with Crippen molar-refractivity contribution in [3.05, 3.63) is 53.6 Å². The number of nitrogens with one attached hydrogen (secondary N) is 1. The van der Waals surface area contributed by atoms with Crippen molar-refractivity contribution in [2.45, 2.75) is 13.0 Å². The molecule has 0 aliphatic heterocycles. The van der Waals surface area contributed by atoms with Gasteiger partial charge in [0.15, 0.2) is 5.96 Å². The summed E-state index contributed by atoms with van der Waals surface area (Å²) in [5.74, 6) is 2.35. The summed E-state index contributed by atoms with van der Waals surface area (Å²) in [6.07, 6.45) is 0.881. The molecule has 0 fully saturated rings. The number of guanidine groups is 1. The SMILES string of the molecule is COc1cc(OC)c(CN=C(N)NCCc2ccccc2)c(OC)c1. The van der Waals surface area contributed by atoms with E-state index >= 15 is 0 Å². The molecule has 0 amide bonds. The Labute approximate surface area is 148 Å². The van der Waals surface area contributed by atoms with Gasteiger partial charge in [-0.2, -0.15) is 0 Å². The van der Waals surface area contributed by atoms with E-state index in [0.717, 1.165) is 18.5 Å². The molecule has 2 aromatic rings. The Hall–Kier alpha value is -2.89. The Morgan fingerprint density at radius 2 is 1.64 bits per heavy atom. The van der Waals surface area contributed by atoms with E-state index in [2.05, 4.69) is 22.4 Å². The van der Waals surface area contributed by atoms with Gasteiger partial charge in [0.2, 0.25) is 0 Å². The summed E-state index contributed by atoms with van der Waals surface area (Å²) in [5.41, 5.74) is 8.03. The third-order valence-electron chi connectivity index (χ3n) is 3.79. The summed E-state index contributed by atoms with van der Waals surface area (Å²) >= 11 is 0. The van der Waals surface area contributed by atoms with Crippen molar-refractivity contribution in [3.8, 4) is 17.2 Å². The van der Waals surface area contributed by atoms with Gasteiger partial charge in [0.25, 0.3) is 0 Å². The average Bonchev–Trinajstić information content (AvgIpc) is 2.66. The van der Waals surface area contributed by atoms with Crippen LogP contribution in [0.15, 0.2) is 47.5 Å². The molecule has 0 aromatic heterocycles. The van der Waals surface area contributed by atoms with Crippen LogP contribution in [0.2, 0.25) is 0 Å². The third-order valence-corrected chi connectivity index (χ3v) is 3.79. The molecule has 0 saturated heterocycles. The molecule has 6 nitrogen and oxygen atoms in total. The maximum Gasteiger partial charge on any atom is 0.188 e. The molecule has 0 bridgehead atoms. The van der Waals surface area contributed by atoms with E-state index in [1.54, 1.807) is 33.5 Å². The first-order valence-corrected chi connectivity index (χ1v) is 8.04. The number of ether oxygens (including phenoxy) is 3. The number of aliphatic imine (C=N–C) groups is 1. The fourth-order valence-electron chi connectivity index (χ4n) is 2.43. The van der Waals surface area contributed by atoms with Crippen LogP contribution < -0.4 is 25.3 Å². The quantitative estimate of drug-likeness (QED) is 0.568. The number of hydrogen-bond donors (Lipinski definition) is 2. The van der Waals surface area contributed by atoms with E-state index < -0.39 is 0 Å². The van der Waals surface area contributed by atoms with Crippen molar-refractivity contribution in [2.75, 3.05) is 27.9 Å². The van der Waals surface area contributed by atoms with Crippen LogP contribution in [0.4, 0.5) is 0 Å². The van der Waals surface area contributed by atoms with E-state index in [-0.39, 0.29) is 0 Å². The molecule has 0 heterocycles. The fourth-order valence-corrected chi connectivity index (χ4v) is 2.43. The van der Waals surface area contributed by atoms with E-state index in [4.69, 9.17) is 19.9 Å². The van der Waals surface area contributed by atoms with Crippen LogP contribution in [0.25, 0.3) is 0 Å². The molecule has 2 rings (SSSR count). The van der Waals surface area contributed by atoms with Gasteiger partial charge >= 0.3 is 0 Å². The van der Waals surface area contributed by atoms with Crippen molar-refractivity contribution in [3.63, 3.8) is 0 Å². The smallest absolute Gasteiger partial charge is 0.188 e. The average molecular weight is 343 g/mol. The van der Waals surface area contributed by atoms with Gasteiger partial charge in [-0.15, -0.1) is 0 Å². The molecule has 0 saturated carbocycles. The van der Waals surface area contributed by atoms with Gasteiger partial charge in [0.1, 0.15) is 17.2 Å². The minimum atomic E-state index is 0.348. The summed E-state index contributed by atoms with van der Waals surface area (Å²) in [6, 6.07) is 13.8. The maximum absolute atomic E-state index is 5.96. The van der Waals surface area contributed by atoms with Crippen molar-refractivity contribution >= 4 is 5.96 Å². The fraction of sp³-hybridized carbons (Fsp3) is 0.316. The van der Waals surface area contributed by atoms with Gasteiger partial charge < -0.3 is 25.3 Å². The Morgan fingerprint density at radius 3 is 2.20 bits per heavy atom. The van der Waals surface area contributed by atoms with Crippen LogP contribution in [-0.4, -0.2) is 33.8 Å². The highest BCUT2D eigenvalue weighted by molar-refractivity contribution is 5.77. The Morgan fingerprint density at radius 1 is 1.00 bits per heavy atom. The summed E-state index contributed by atoms with van der Waals surface area (Å²) in [5, 5.41) is 3.12. The third kappa shape index (κ3) is 5.31. The molecule has 6 heteroatoms. The van der Waals surface area contributed by atoms with Gasteiger partial charge in [0, 0.05) is 18.7 Å². The van der Waals surface area contributed by atoms with Crippen molar-refractivity contribution in [1.29, 1.82) is 0 Å². The second-order valence-corrected chi connectivity index (χ2v) is 5.37. The van der Waals surface area contributed by atoms with Gasteiger partial charge in [-0.25, -0.2) is 4.99 Å². The Bertz CT molecular complexity index is 677. The van der Waals surface area contributed by atoms with Crippen LogP contribution in [-0.2, 0) is 13.0 Å². The molecule has 134 valence electrons. The lowest BCUT2D eigenvalue weighted by Crippen LogP contribution is -2.33. The van der Waals surface area contributed by atoms with Gasteiger partial charge in [-0.3, -0.25) is 0 Å². The predicted octanol–water partition coefficient (Wildman–Crippen LogP) is 2.36. The second kappa shape index (κ2) is 9.42. The lowest BCUT2D eigenvalue weighted by Gasteiger charge is -2.14. The van der Waals surface area contributed by atoms with Gasteiger partial charge in [-0.1, -0.05) is 30.3 Å². The molecule has 25 heavy (non-hydrogen) atoms. The van der Waals surface area contributed by atoms with Crippen LogP contribution in [0.3, 0.4) is 0 Å². The van der Waals surface area contributed by atoms with E-state index in [9.17, 15) is 0 Å². The molecule has 0 aliphatic carbocycles. The number of hydrogen-bond acceptors (Lipinski definition) is 4. The first kappa shape index (κ1) is 18.4. The molecule has 0 radical (unpaired) electrons. The van der Waals surface area contributed by atoms with Gasteiger partial charge in [0.05, 0.1) is 33.4 Å². The number of benzene rings is 2. The largest absolute Gasteiger partial charge is 0.496 e. The van der Waals surface area contributed by atoms with Crippen molar-refractivity contribution in [2.24, 2.45) is 10.7 Å². The summed E-state index contributed by atoms with van der Waals surface area (Å²) in [7, 11) is 4.80. The molecular weight excluding hydrogens is 318 g/mol. The lowest BCUT2D eigenvalue weighted by molar-refractivity contribution is 0.369. The maximum atomic E-state index is 5.96. The van der Waals surface area contributed by atoms with Crippen LogP contribution in [0.5, 0.6) is 17.2 Å². The van der Waals surface area contributed by atoms with E-state index in [1.807, 2.05) is 18.2 Å². The van der Waals surface area contributed by atoms with E-state index in [0.29, 0.717) is 29.8 Å². The molecule has 3 N–H and O–H groups in total. The molecule has 0 atom stereocenters. The van der Waals surface area contributed by atoms with Crippen LogP contribution in [0.1, 0.15) is 11.1 Å². The zero-order valence-corrected chi connectivity index (χ0v) is 14.9. The van der Waals surface area contributed by atoms with Crippen LogP contribution >= 0.6 is 0 Å². The molecule has 2 aromatic carbocycles. The highest BCUT2D eigenvalue weighted by atomic mass is 16.5. The Kier molecular flexibility index (Phi) is 6.95. The Balaban J connectivity index is 1.99. The number of nitrogens with zero attached hydrogens (tertiary/aromatic N) is 1. The monoisotopic (exact) mass is 343 g/mol. The zero-order valence-electron chi connectivity index (χ0n) is 14.9. The normalized spacial score (nSPS) is 11.1. The lowest BCUT2D eigenvalue weighted by atomic mass is 10.1. The van der Waals surface area contributed by atoms with Crippen molar-refractivity contribution in [1.82, 2.24) is 5.32 Å². The minimum Gasteiger partial charge on any atom is -0.496 e. The topological polar surface area (TPSA) is 78.1 Å². The summed E-state index contributed by atoms with van der Waals surface area (Å²) in [6.45, 7) is 1.07. The minimum absolute atomic E-state index is 0.348. The molecular formula is C19H25N3O3. The van der Waals surface area contributed by atoms with Crippen molar-refractivity contribution < 1.29 is 14.2 Å². The number of methoxy groups -OCH3 is 3. The van der Waals surface area contributed by atoms with Crippen LogP contribution in [0, 0.1) is 0 Å². The summed E-state index contributed by atoms with van der Waals surface area (Å²) < 4.78 is 16.1.